The first-order chi connectivity index (χ1) is 7.63. The highest BCUT2D eigenvalue weighted by molar-refractivity contribution is 6.00. The number of ketones is 1. The SMILES string of the molecule is COc1cc(C(=O)C(C)N)cc2c1OCO2. The van der Waals surface area contributed by atoms with Crippen LogP contribution in [0.3, 0.4) is 0 Å². The number of benzene rings is 1. The number of carbonyl (C=O) groups is 1. The van der Waals surface area contributed by atoms with Gasteiger partial charge in [-0.3, -0.25) is 4.79 Å². The topological polar surface area (TPSA) is 70.8 Å². The van der Waals surface area contributed by atoms with E-state index >= 15 is 0 Å². The van der Waals surface area contributed by atoms with Crippen molar-refractivity contribution in [2.24, 2.45) is 5.73 Å². The number of Topliss-reactive ketones (excluding diaryl/α,β-unsaturated/α-hetero) is 1. The molecule has 1 aliphatic rings. The predicted octanol–water partition coefficient (Wildman–Crippen LogP) is 0.954. The lowest BCUT2D eigenvalue weighted by molar-refractivity contribution is 0.0967. The molecule has 5 nitrogen and oxygen atoms in total. The standard InChI is InChI=1S/C11H13NO4/c1-6(12)10(13)7-3-8(14-2)11-9(4-7)15-5-16-11/h3-4,6H,5,12H2,1-2H3. The van der Waals surface area contributed by atoms with E-state index < -0.39 is 6.04 Å². The molecule has 0 fully saturated rings. The molecule has 1 unspecified atom stereocenters. The van der Waals surface area contributed by atoms with Gasteiger partial charge in [0, 0.05) is 5.56 Å². The Labute approximate surface area is 93.1 Å². The van der Waals surface area contributed by atoms with Crippen LogP contribution in [0.25, 0.3) is 0 Å². The molecular formula is C11H13NO4. The van der Waals surface area contributed by atoms with Gasteiger partial charge in [0.25, 0.3) is 0 Å². The maximum Gasteiger partial charge on any atom is 0.231 e. The predicted molar refractivity (Wildman–Crippen MR) is 57.1 cm³/mol. The molecular weight excluding hydrogens is 210 g/mol. The van der Waals surface area contributed by atoms with E-state index in [0.717, 1.165) is 0 Å². The third-order valence-electron chi connectivity index (χ3n) is 2.36. The molecule has 2 N–H and O–H groups in total. The molecule has 0 saturated carbocycles. The van der Waals surface area contributed by atoms with Crippen molar-refractivity contribution < 1.29 is 19.0 Å². The lowest BCUT2D eigenvalue weighted by atomic mass is 10.0. The second kappa shape index (κ2) is 4.02. The molecule has 0 spiro atoms. The smallest absolute Gasteiger partial charge is 0.231 e. The number of methoxy groups -OCH3 is 1. The zero-order valence-electron chi connectivity index (χ0n) is 9.15. The van der Waals surface area contributed by atoms with Crippen molar-refractivity contribution in [2.45, 2.75) is 13.0 Å². The summed E-state index contributed by atoms with van der Waals surface area (Å²) in [5.41, 5.74) is 6.01. The Hall–Kier alpha value is -1.75. The first-order valence-electron chi connectivity index (χ1n) is 4.91. The van der Waals surface area contributed by atoms with Crippen LogP contribution in [-0.2, 0) is 0 Å². The summed E-state index contributed by atoms with van der Waals surface area (Å²) in [6.45, 7) is 1.78. The van der Waals surface area contributed by atoms with E-state index in [1.54, 1.807) is 19.1 Å². The van der Waals surface area contributed by atoms with E-state index in [1.165, 1.54) is 7.11 Å². The maximum atomic E-state index is 11.7. The molecule has 0 aromatic heterocycles. The largest absolute Gasteiger partial charge is 0.493 e. The molecule has 5 heteroatoms. The minimum absolute atomic E-state index is 0.140. The molecule has 0 amide bonds. The van der Waals surface area contributed by atoms with E-state index in [4.69, 9.17) is 19.9 Å². The summed E-state index contributed by atoms with van der Waals surface area (Å²) >= 11 is 0. The lowest BCUT2D eigenvalue weighted by Gasteiger charge is -2.09. The van der Waals surface area contributed by atoms with Crippen molar-refractivity contribution in [3.63, 3.8) is 0 Å². The van der Waals surface area contributed by atoms with Crippen molar-refractivity contribution in [1.29, 1.82) is 0 Å². The van der Waals surface area contributed by atoms with Crippen LogP contribution in [0.4, 0.5) is 0 Å². The summed E-state index contributed by atoms with van der Waals surface area (Å²) in [5.74, 6) is 1.38. The van der Waals surface area contributed by atoms with Crippen LogP contribution in [0.15, 0.2) is 12.1 Å². The number of hydrogen-bond donors (Lipinski definition) is 1. The molecule has 16 heavy (non-hydrogen) atoms. The summed E-state index contributed by atoms with van der Waals surface area (Å²) in [7, 11) is 1.51. The summed E-state index contributed by atoms with van der Waals surface area (Å²) < 4.78 is 15.6. The Morgan fingerprint density at radius 3 is 2.88 bits per heavy atom. The average Bonchev–Trinajstić information content (AvgIpc) is 2.74. The van der Waals surface area contributed by atoms with Crippen LogP contribution in [0.1, 0.15) is 17.3 Å². The minimum atomic E-state index is -0.551. The second-order valence-electron chi connectivity index (χ2n) is 3.57. The molecule has 0 aliphatic carbocycles. The Morgan fingerprint density at radius 2 is 2.25 bits per heavy atom. The molecule has 0 bridgehead atoms. The first-order valence-corrected chi connectivity index (χ1v) is 4.91. The fourth-order valence-corrected chi connectivity index (χ4v) is 1.53. The molecule has 1 aliphatic heterocycles. The number of fused-ring (bicyclic) bond motifs is 1. The third kappa shape index (κ3) is 1.69. The molecule has 0 radical (unpaired) electrons. The van der Waals surface area contributed by atoms with Crippen LogP contribution in [0, 0.1) is 0 Å². The maximum absolute atomic E-state index is 11.7. The van der Waals surface area contributed by atoms with Gasteiger partial charge in [0.2, 0.25) is 12.5 Å². The van der Waals surface area contributed by atoms with E-state index in [2.05, 4.69) is 0 Å². The normalized spacial score (nSPS) is 14.7. The van der Waals surface area contributed by atoms with Gasteiger partial charge >= 0.3 is 0 Å². The highest BCUT2D eigenvalue weighted by Gasteiger charge is 2.23. The Kier molecular flexibility index (Phi) is 2.70. The van der Waals surface area contributed by atoms with Crippen molar-refractivity contribution >= 4 is 5.78 Å². The monoisotopic (exact) mass is 223 g/mol. The highest BCUT2D eigenvalue weighted by atomic mass is 16.7. The van der Waals surface area contributed by atoms with Gasteiger partial charge in [-0.2, -0.15) is 0 Å². The van der Waals surface area contributed by atoms with Gasteiger partial charge in [-0.1, -0.05) is 0 Å². The van der Waals surface area contributed by atoms with Crippen LogP contribution in [0.5, 0.6) is 17.2 Å². The Morgan fingerprint density at radius 1 is 1.50 bits per heavy atom. The van der Waals surface area contributed by atoms with Gasteiger partial charge < -0.3 is 19.9 Å². The van der Waals surface area contributed by atoms with Crippen molar-refractivity contribution in [2.75, 3.05) is 13.9 Å². The third-order valence-corrected chi connectivity index (χ3v) is 2.36. The van der Waals surface area contributed by atoms with Crippen LogP contribution in [0.2, 0.25) is 0 Å². The Balaban J connectivity index is 2.46. The van der Waals surface area contributed by atoms with Gasteiger partial charge in [0.15, 0.2) is 17.3 Å². The molecule has 86 valence electrons. The van der Waals surface area contributed by atoms with Gasteiger partial charge in [0.05, 0.1) is 13.2 Å². The summed E-state index contributed by atoms with van der Waals surface area (Å²) in [4.78, 5) is 11.7. The van der Waals surface area contributed by atoms with Gasteiger partial charge in [0.1, 0.15) is 0 Å². The minimum Gasteiger partial charge on any atom is -0.493 e. The average molecular weight is 223 g/mol. The summed E-state index contributed by atoms with van der Waals surface area (Å²) in [6.07, 6.45) is 0. The van der Waals surface area contributed by atoms with Gasteiger partial charge in [-0.15, -0.1) is 0 Å². The number of carbonyl (C=O) groups excluding carboxylic acids is 1. The molecule has 1 aromatic carbocycles. The lowest BCUT2D eigenvalue weighted by Crippen LogP contribution is -2.26. The van der Waals surface area contributed by atoms with Gasteiger partial charge in [-0.05, 0) is 19.1 Å². The van der Waals surface area contributed by atoms with Crippen LogP contribution < -0.4 is 19.9 Å². The van der Waals surface area contributed by atoms with Crippen LogP contribution in [-0.4, -0.2) is 25.7 Å². The van der Waals surface area contributed by atoms with Crippen molar-refractivity contribution in [3.8, 4) is 17.2 Å². The highest BCUT2D eigenvalue weighted by Crippen LogP contribution is 2.41. The van der Waals surface area contributed by atoms with E-state index in [1.807, 2.05) is 0 Å². The summed E-state index contributed by atoms with van der Waals surface area (Å²) in [6, 6.07) is 2.68. The van der Waals surface area contributed by atoms with Crippen molar-refractivity contribution in [3.05, 3.63) is 17.7 Å². The fourth-order valence-electron chi connectivity index (χ4n) is 1.53. The molecule has 1 atom stereocenters. The van der Waals surface area contributed by atoms with Crippen molar-refractivity contribution in [1.82, 2.24) is 0 Å². The quantitative estimate of drug-likeness (QED) is 0.772. The van der Waals surface area contributed by atoms with E-state index in [0.29, 0.717) is 22.8 Å². The summed E-state index contributed by atoms with van der Waals surface area (Å²) in [5, 5.41) is 0. The molecule has 0 saturated heterocycles. The molecule has 1 heterocycles. The number of ether oxygens (including phenoxy) is 3. The zero-order chi connectivity index (χ0) is 11.7. The Bertz CT molecular complexity index is 428. The zero-order valence-corrected chi connectivity index (χ0v) is 9.15. The molecule has 1 aromatic rings. The molecule has 2 rings (SSSR count). The van der Waals surface area contributed by atoms with Gasteiger partial charge in [-0.25, -0.2) is 0 Å². The fraction of sp³-hybridized carbons (Fsp3) is 0.364. The second-order valence-corrected chi connectivity index (χ2v) is 3.57. The number of nitrogens with two attached hydrogens (primary N) is 1. The van der Waals surface area contributed by atoms with Crippen LogP contribution >= 0.6 is 0 Å². The first kappa shape index (κ1) is 10.8. The van der Waals surface area contributed by atoms with E-state index in [9.17, 15) is 4.79 Å². The number of rotatable bonds is 3. The number of hydrogen-bond acceptors (Lipinski definition) is 5. The van der Waals surface area contributed by atoms with E-state index in [-0.39, 0.29) is 12.6 Å².